The number of alkyl halides is 1. The van der Waals surface area contributed by atoms with Crippen molar-refractivity contribution in [2.45, 2.75) is 35.4 Å². The molecule has 4 unspecified atom stereocenters. The standard InChI is InChI=1S/C10H10INO2/c1-9-3-10(4-12)2-5(9)6(11)7(14-9)8(10)13/h5-7H,2-3H2,1H3/t5?,6-,7?,9?,10?/m0/s1. The number of hydrogen-bond acceptors (Lipinski definition) is 3. The van der Waals surface area contributed by atoms with Crippen molar-refractivity contribution in [3.05, 3.63) is 0 Å². The monoisotopic (exact) mass is 303 g/mol. The van der Waals surface area contributed by atoms with Gasteiger partial charge in [0.05, 0.1) is 15.6 Å². The first kappa shape index (κ1) is 9.10. The lowest BCUT2D eigenvalue weighted by atomic mass is 9.74. The van der Waals surface area contributed by atoms with Crippen molar-refractivity contribution in [1.82, 2.24) is 0 Å². The van der Waals surface area contributed by atoms with Gasteiger partial charge in [0.1, 0.15) is 11.5 Å². The summed E-state index contributed by atoms with van der Waals surface area (Å²) in [5.74, 6) is 0.427. The summed E-state index contributed by atoms with van der Waals surface area (Å²) in [5, 5.41) is 9.15. The van der Waals surface area contributed by atoms with Gasteiger partial charge in [-0.05, 0) is 13.3 Å². The second-order valence-corrected chi connectivity index (χ2v) is 6.28. The minimum Gasteiger partial charge on any atom is -0.363 e. The van der Waals surface area contributed by atoms with Crippen LogP contribution in [-0.4, -0.2) is 21.4 Å². The molecule has 4 heteroatoms. The topological polar surface area (TPSA) is 50.1 Å². The fourth-order valence-electron chi connectivity index (χ4n) is 3.34. The maximum atomic E-state index is 12.0. The number of ether oxygens (including phenoxy) is 1. The van der Waals surface area contributed by atoms with Gasteiger partial charge in [0.25, 0.3) is 0 Å². The largest absolute Gasteiger partial charge is 0.363 e. The molecule has 2 saturated heterocycles. The Balaban J connectivity index is 2.15. The number of halogens is 1. The van der Waals surface area contributed by atoms with Crippen molar-refractivity contribution in [3.63, 3.8) is 0 Å². The molecule has 0 radical (unpaired) electrons. The van der Waals surface area contributed by atoms with Crippen molar-refractivity contribution >= 4 is 28.4 Å². The molecule has 0 spiro atoms. The molecule has 2 saturated carbocycles. The fourth-order valence-corrected chi connectivity index (χ4v) is 4.82. The highest BCUT2D eigenvalue weighted by molar-refractivity contribution is 14.1. The van der Waals surface area contributed by atoms with Gasteiger partial charge in [0.15, 0.2) is 5.78 Å². The highest BCUT2D eigenvalue weighted by Gasteiger charge is 2.71. The normalized spacial score (nSPS) is 59.2. The summed E-state index contributed by atoms with van der Waals surface area (Å²) in [6, 6.07) is 2.23. The zero-order valence-corrected chi connectivity index (χ0v) is 9.95. The first-order valence-electron chi connectivity index (χ1n) is 4.80. The molecule has 4 fully saturated rings. The van der Waals surface area contributed by atoms with E-state index in [0.717, 1.165) is 0 Å². The Hall–Kier alpha value is -0.150. The first-order chi connectivity index (χ1) is 6.52. The second-order valence-electron chi connectivity index (χ2n) is 4.84. The number of ketones is 1. The molecule has 0 amide bonds. The Labute approximate surface area is 95.9 Å². The summed E-state index contributed by atoms with van der Waals surface area (Å²) >= 11 is 2.31. The lowest BCUT2D eigenvalue weighted by Crippen LogP contribution is -2.47. The average Bonchev–Trinajstić information content (AvgIpc) is 2.52. The van der Waals surface area contributed by atoms with Gasteiger partial charge in [0.2, 0.25) is 0 Å². The van der Waals surface area contributed by atoms with E-state index in [1.165, 1.54) is 0 Å². The lowest BCUT2D eigenvalue weighted by Gasteiger charge is -2.34. The molecule has 0 aromatic rings. The van der Waals surface area contributed by atoms with Gasteiger partial charge in [-0.2, -0.15) is 5.26 Å². The third-order valence-corrected chi connectivity index (χ3v) is 5.54. The van der Waals surface area contributed by atoms with Crippen LogP contribution in [0.5, 0.6) is 0 Å². The minimum atomic E-state index is -0.704. The first-order valence-corrected chi connectivity index (χ1v) is 6.04. The van der Waals surface area contributed by atoms with E-state index in [0.29, 0.717) is 18.8 Å². The van der Waals surface area contributed by atoms with E-state index in [4.69, 9.17) is 10.00 Å². The fraction of sp³-hybridized carbons (Fsp3) is 0.800. The summed E-state index contributed by atoms with van der Waals surface area (Å²) in [7, 11) is 0. The molecule has 2 aliphatic heterocycles. The third kappa shape index (κ3) is 0.760. The molecule has 4 bridgehead atoms. The Morgan fingerprint density at radius 1 is 1.71 bits per heavy atom. The van der Waals surface area contributed by atoms with Gasteiger partial charge in [-0.25, -0.2) is 0 Å². The van der Waals surface area contributed by atoms with Gasteiger partial charge < -0.3 is 4.74 Å². The van der Waals surface area contributed by atoms with Gasteiger partial charge >= 0.3 is 0 Å². The Morgan fingerprint density at radius 2 is 2.43 bits per heavy atom. The number of nitriles is 1. The minimum absolute atomic E-state index is 0.0330. The molecule has 3 nitrogen and oxygen atoms in total. The highest BCUT2D eigenvalue weighted by Crippen LogP contribution is 2.63. The Kier molecular flexibility index (Phi) is 1.51. The lowest BCUT2D eigenvalue weighted by molar-refractivity contribution is -0.151. The molecule has 5 atom stereocenters. The smallest absolute Gasteiger partial charge is 0.182 e. The number of carbonyl (C=O) groups excluding carboxylic acids is 1. The van der Waals surface area contributed by atoms with E-state index in [1.807, 2.05) is 0 Å². The molecule has 0 aromatic heterocycles. The van der Waals surface area contributed by atoms with Crippen molar-refractivity contribution in [2.24, 2.45) is 11.3 Å². The molecule has 0 N–H and O–H groups in total. The second kappa shape index (κ2) is 2.33. The van der Waals surface area contributed by atoms with E-state index >= 15 is 0 Å². The molecule has 74 valence electrons. The summed E-state index contributed by atoms with van der Waals surface area (Å²) < 4.78 is 6.05. The molecular weight excluding hydrogens is 293 g/mol. The SMILES string of the molecule is CC12CC3(C#N)CC1[C@H](I)C(O2)C3=O. The van der Waals surface area contributed by atoms with Crippen LogP contribution in [0.1, 0.15) is 19.8 Å². The predicted octanol–water partition coefficient (Wildman–Crippen LogP) is 1.45. The average molecular weight is 303 g/mol. The summed E-state index contributed by atoms with van der Waals surface area (Å²) in [5.41, 5.74) is -0.913. The molecule has 2 aliphatic carbocycles. The van der Waals surface area contributed by atoms with Crippen LogP contribution in [0, 0.1) is 22.7 Å². The van der Waals surface area contributed by atoms with E-state index in [2.05, 4.69) is 35.6 Å². The van der Waals surface area contributed by atoms with Crippen LogP contribution in [0.25, 0.3) is 0 Å². The Morgan fingerprint density at radius 3 is 3.00 bits per heavy atom. The zero-order chi connectivity index (χ0) is 10.1. The molecular formula is C10H10INO2. The maximum absolute atomic E-state index is 12.0. The van der Waals surface area contributed by atoms with Crippen LogP contribution in [-0.2, 0) is 9.53 Å². The van der Waals surface area contributed by atoms with Gasteiger partial charge in [0, 0.05) is 12.3 Å². The molecule has 14 heavy (non-hydrogen) atoms. The molecule has 4 aliphatic rings. The molecule has 2 heterocycles. The van der Waals surface area contributed by atoms with Crippen LogP contribution >= 0.6 is 22.6 Å². The maximum Gasteiger partial charge on any atom is 0.182 e. The van der Waals surface area contributed by atoms with E-state index in [-0.39, 0.29) is 21.4 Å². The van der Waals surface area contributed by atoms with Crippen LogP contribution in [0.3, 0.4) is 0 Å². The van der Waals surface area contributed by atoms with Crippen molar-refractivity contribution < 1.29 is 9.53 Å². The van der Waals surface area contributed by atoms with Gasteiger partial charge in [-0.3, -0.25) is 4.79 Å². The number of hydrogen-bond donors (Lipinski definition) is 0. The van der Waals surface area contributed by atoms with E-state index in [9.17, 15) is 4.79 Å². The highest BCUT2D eigenvalue weighted by atomic mass is 127. The zero-order valence-electron chi connectivity index (χ0n) is 7.79. The van der Waals surface area contributed by atoms with Gasteiger partial charge in [-0.1, -0.05) is 22.6 Å². The van der Waals surface area contributed by atoms with Crippen LogP contribution in [0.15, 0.2) is 0 Å². The van der Waals surface area contributed by atoms with Crippen LogP contribution in [0.4, 0.5) is 0 Å². The molecule has 0 aromatic carbocycles. The van der Waals surface area contributed by atoms with Gasteiger partial charge in [-0.15, -0.1) is 0 Å². The van der Waals surface area contributed by atoms with Crippen molar-refractivity contribution in [3.8, 4) is 6.07 Å². The van der Waals surface area contributed by atoms with Crippen LogP contribution in [0.2, 0.25) is 0 Å². The van der Waals surface area contributed by atoms with Crippen molar-refractivity contribution in [2.75, 3.05) is 0 Å². The van der Waals surface area contributed by atoms with E-state index in [1.54, 1.807) is 0 Å². The van der Waals surface area contributed by atoms with E-state index < -0.39 is 5.41 Å². The summed E-state index contributed by atoms with van der Waals surface area (Å²) in [6.45, 7) is 2.05. The number of rotatable bonds is 0. The molecule has 4 rings (SSSR count). The summed E-state index contributed by atoms with van der Waals surface area (Å²) in [4.78, 5) is 12.0. The number of carbonyl (C=O) groups is 1. The quantitative estimate of drug-likeness (QED) is 0.503. The Bertz CT molecular complexity index is 377. The summed E-state index contributed by atoms with van der Waals surface area (Å²) in [6.07, 6.45) is 1.01. The number of Topliss-reactive ketones (excluding diaryl/α,β-unsaturated/α-hetero) is 1. The van der Waals surface area contributed by atoms with Crippen molar-refractivity contribution in [1.29, 1.82) is 5.26 Å². The third-order valence-electron chi connectivity index (χ3n) is 4.02. The number of nitrogens with zero attached hydrogens (tertiary/aromatic N) is 1. The van der Waals surface area contributed by atoms with Crippen LogP contribution < -0.4 is 0 Å². The predicted molar refractivity (Wildman–Crippen MR) is 56.9 cm³/mol.